The highest BCUT2D eigenvalue weighted by molar-refractivity contribution is 5.89. The summed E-state index contributed by atoms with van der Waals surface area (Å²) in [6, 6.07) is 4.20. The van der Waals surface area contributed by atoms with E-state index in [1.54, 1.807) is 29.5 Å². The van der Waals surface area contributed by atoms with Crippen molar-refractivity contribution in [1.29, 1.82) is 0 Å². The van der Waals surface area contributed by atoms with Gasteiger partial charge in [0.2, 0.25) is 0 Å². The number of pyridine rings is 1. The van der Waals surface area contributed by atoms with Gasteiger partial charge in [-0.05, 0) is 18.2 Å². The fraction of sp³-hybridized carbons (Fsp3) is 0.312. The fourth-order valence-electron chi connectivity index (χ4n) is 3.01. The van der Waals surface area contributed by atoms with Crippen LogP contribution in [0.2, 0.25) is 0 Å². The van der Waals surface area contributed by atoms with E-state index in [1.807, 2.05) is 29.3 Å². The van der Waals surface area contributed by atoms with Crippen LogP contribution < -0.4 is 5.01 Å². The number of anilines is 1. The van der Waals surface area contributed by atoms with Gasteiger partial charge in [0, 0.05) is 12.4 Å². The quantitative estimate of drug-likeness (QED) is 0.767. The molecule has 1 fully saturated rings. The maximum absolute atomic E-state index is 12.4. The Morgan fingerprint density at radius 3 is 2.57 bits per heavy atom. The third-order valence-corrected chi connectivity index (χ3v) is 3.98. The topological polar surface area (TPSA) is 72.0 Å². The molecule has 1 aromatic rings. The number of methoxy groups -OCH3 is 2. The Morgan fingerprint density at radius 1 is 1.13 bits per heavy atom. The molecule has 0 aromatic carbocycles. The van der Waals surface area contributed by atoms with Gasteiger partial charge in [0.05, 0.1) is 20.3 Å². The van der Waals surface area contributed by atoms with Crippen molar-refractivity contribution in [3.63, 3.8) is 0 Å². The first kappa shape index (κ1) is 15.1. The van der Waals surface area contributed by atoms with Gasteiger partial charge in [-0.1, -0.05) is 18.2 Å². The molecule has 0 amide bonds. The molecule has 120 valence electrons. The molecule has 0 aliphatic carbocycles. The molecule has 0 saturated carbocycles. The normalized spacial score (nSPS) is 25.2. The van der Waals surface area contributed by atoms with E-state index in [9.17, 15) is 9.59 Å². The zero-order valence-electron chi connectivity index (χ0n) is 12.8. The maximum atomic E-state index is 12.4. The molecule has 3 atom stereocenters. The molecule has 0 radical (unpaired) electrons. The van der Waals surface area contributed by atoms with Gasteiger partial charge >= 0.3 is 11.9 Å². The molecule has 3 rings (SSSR count). The molecule has 2 aliphatic rings. The molecule has 2 aliphatic heterocycles. The monoisotopic (exact) mass is 315 g/mol. The second-order valence-electron chi connectivity index (χ2n) is 5.15. The second-order valence-corrected chi connectivity index (χ2v) is 5.15. The SMILES string of the molecule is COC(=O)[C@@H]1C2C=CC=CN2N(c2ccccn2)[C@H]1C(=O)OC. The average Bonchev–Trinajstić information content (AvgIpc) is 2.96. The number of carbonyl (C=O) groups is 2. The molecule has 0 bridgehead atoms. The lowest BCUT2D eigenvalue weighted by atomic mass is 9.92. The van der Waals surface area contributed by atoms with E-state index in [-0.39, 0.29) is 6.04 Å². The van der Waals surface area contributed by atoms with Crippen LogP contribution in [0, 0.1) is 5.92 Å². The number of allylic oxidation sites excluding steroid dienone is 2. The number of carbonyl (C=O) groups excluding carboxylic acids is 2. The number of nitrogens with zero attached hydrogens (tertiary/aromatic N) is 3. The number of aromatic nitrogens is 1. The van der Waals surface area contributed by atoms with Crippen LogP contribution >= 0.6 is 0 Å². The summed E-state index contributed by atoms with van der Waals surface area (Å²) in [6.07, 6.45) is 8.97. The average molecular weight is 315 g/mol. The van der Waals surface area contributed by atoms with E-state index < -0.39 is 23.9 Å². The van der Waals surface area contributed by atoms with Gasteiger partial charge in [0.1, 0.15) is 11.7 Å². The summed E-state index contributed by atoms with van der Waals surface area (Å²) >= 11 is 0. The highest BCUT2D eigenvalue weighted by Crippen LogP contribution is 2.37. The van der Waals surface area contributed by atoms with E-state index in [1.165, 1.54) is 14.2 Å². The number of fused-ring (bicyclic) bond motifs is 1. The molecule has 0 N–H and O–H groups in total. The number of rotatable bonds is 3. The van der Waals surface area contributed by atoms with Crippen LogP contribution in [0.15, 0.2) is 48.8 Å². The minimum atomic E-state index is -0.847. The zero-order chi connectivity index (χ0) is 16.4. The van der Waals surface area contributed by atoms with Crippen molar-refractivity contribution in [1.82, 2.24) is 9.99 Å². The molecule has 23 heavy (non-hydrogen) atoms. The van der Waals surface area contributed by atoms with Gasteiger partial charge in [-0.25, -0.2) is 9.78 Å². The molecule has 7 heteroatoms. The first-order valence-corrected chi connectivity index (χ1v) is 7.18. The van der Waals surface area contributed by atoms with E-state index in [2.05, 4.69) is 4.98 Å². The Labute approximate surface area is 133 Å². The fourth-order valence-corrected chi connectivity index (χ4v) is 3.01. The highest BCUT2D eigenvalue weighted by Gasteiger charge is 2.54. The summed E-state index contributed by atoms with van der Waals surface area (Å²) < 4.78 is 9.84. The summed E-state index contributed by atoms with van der Waals surface area (Å²) in [4.78, 5) is 29.0. The largest absolute Gasteiger partial charge is 0.469 e. The van der Waals surface area contributed by atoms with Crippen LogP contribution in [-0.4, -0.2) is 48.2 Å². The lowest BCUT2D eigenvalue weighted by molar-refractivity contribution is -0.152. The van der Waals surface area contributed by atoms with E-state index in [0.717, 1.165) is 0 Å². The highest BCUT2D eigenvalue weighted by atomic mass is 16.5. The van der Waals surface area contributed by atoms with Crippen LogP contribution in [0.25, 0.3) is 0 Å². The Morgan fingerprint density at radius 2 is 1.91 bits per heavy atom. The number of hydrogen-bond acceptors (Lipinski definition) is 7. The van der Waals surface area contributed by atoms with Gasteiger partial charge in [0.25, 0.3) is 0 Å². The van der Waals surface area contributed by atoms with Crippen molar-refractivity contribution < 1.29 is 19.1 Å². The van der Waals surface area contributed by atoms with Crippen LogP contribution in [0.5, 0.6) is 0 Å². The smallest absolute Gasteiger partial charge is 0.331 e. The molecule has 7 nitrogen and oxygen atoms in total. The second kappa shape index (κ2) is 6.12. The van der Waals surface area contributed by atoms with E-state index >= 15 is 0 Å². The van der Waals surface area contributed by atoms with Crippen LogP contribution in [0.4, 0.5) is 5.82 Å². The molecule has 1 unspecified atom stereocenters. The lowest BCUT2D eigenvalue weighted by Gasteiger charge is -2.33. The Bertz CT molecular complexity index is 659. The summed E-state index contributed by atoms with van der Waals surface area (Å²) in [5.41, 5.74) is 0. The van der Waals surface area contributed by atoms with E-state index in [4.69, 9.17) is 9.47 Å². The Hall–Kier alpha value is -2.83. The van der Waals surface area contributed by atoms with Gasteiger partial charge in [0.15, 0.2) is 6.04 Å². The minimum Gasteiger partial charge on any atom is -0.469 e. The van der Waals surface area contributed by atoms with Gasteiger partial charge in [-0.15, -0.1) is 0 Å². The third kappa shape index (κ3) is 2.44. The number of hydrogen-bond donors (Lipinski definition) is 0. The van der Waals surface area contributed by atoms with Crippen LogP contribution in [-0.2, 0) is 19.1 Å². The molecule has 3 heterocycles. The van der Waals surface area contributed by atoms with Crippen molar-refractivity contribution in [3.05, 3.63) is 48.8 Å². The van der Waals surface area contributed by atoms with Crippen molar-refractivity contribution in [2.24, 2.45) is 5.92 Å². The van der Waals surface area contributed by atoms with Gasteiger partial charge < -0.3 is 9.47 Å². The van der Waals surface area contributed by atoms with Crippen molar-refractivity contribution in [2.45, 2.75) is 12.1 Å². The van der Waals surface area contributed by atoms with Crippen molar-refractivity contribution >= 4 is 17.8 Å². The lowest BCUT2D eigenvalue weighted by Crippen LogP contribution is -2.46. The van der Waals surface area contributed by atoms with Gasteiger partial charge in [-0.2, -0.15) is 0 Å². The van der Waals surface area contributed by atoms with E-state index in [0.29, 0.717) is 5.82 Å². The van der Waals surface area contributed by atoms with Crippen LogP contribution in [0.1, 0.15) is 0 Å². The maximum Gasteiger partial charge on any atom is 0.331 e. The number of ether oxygens (including phenoxy) is 2. The van der Waals surface area contributed by atoms with Crippen molar-refractivity contribution in [2.75, 3.05) is 19.2 Å². The predicted molar refractivity (Wildman–Crippen MR) is 81.9 cm³/mol. The predicted octanol–water partition coefficient (Wildman–Crippen LogP) is 0.901. The standard InChI is InChI=1S/C16H17N3O4/c1-22-15(20)13-11-7-4-6-10-18(11)19(14(13)16(21)23-2)12-8-3-5-9-17-12/h3-11,13-14H,1-2H3/t11?,13-,14-/m1/s1. The number of esters is 2. The summed E-state index contributed by atoms with van der Waals surface area (Å²) in [5, 5.41) is 3.49. The minimum absolute atomic E-state index is 0.335. The summed E-state index contributed by atoms with van der Waals surface area (Å²) in [6.45, 7) is 0. The molecular formula is C16H17N3O4. The summed E-state index contributed by atoms with van der Waals surface area (Å²) in [5.74, 6) is -1.13. The number of hydrazine groups is 1. The Balaban J connectivity index is 2.11. The van der Waals surface area contributed by atoms with Gasteiger partial charge in [-0.3, -0.25) is 14.8 Å². The zero-order valence-corrected chi connectivity index (χ0v) is 12.8. The molecule has 1 aromatic heterocycles. The molecule has 1 saturated heterocycles. The first-order valence-electron chi connectivity index (χ1n) is 7.18. The third-order valence-electron chi connectivity index (χ3n) is 3.98. The van der Waals surface area contributed by atoms with Crippen LogP contribution in [0.3, 0.4) is 0 Å². The Kier molecular flexibility index (Phi) is 4.01. The molecule has 0 spiro atoms. The summed E-state index contributed by atoms with van der Waals surface area (Å²) in [7, 11) is 2.61. The van der Waals surface area contributed by atoms with Crippen molar-refractivity contribution in [3.8, 4) is 0 Å². The first-order chi connectivity index (χ1) is 11.2. The molecular weight excluding hydrogens is 298 g/mol.